The number of thiocarbonyl (C=S) groups is 1. The summed E-state index contributed by atoms with van der Waals surface area (Å²) in [5.41, 5.74) is 3.47. The van der Waals surface area contributed by atoms with E-state index in [2.05, 4.69) is 48.3 Å². The van der Waals surface area contributed by atoms with Crippen LogP contribution in [0.5, 0.6) is 5.75 Å². The van der Waals surface area contributed by atoms with Crippen molar-refractivity contribution in [2.45, 2.75) is 39.8 Å². The molecule has 0 bridgehead atoms. The Kier molecular flexibility index (Phi) is 7.30. The third-order valence-electron chi connectivity index (χ3n) is 4.65. The molecule has 0 amide bonds. The monoisotopic (exact) mass is 408 g/mol. The maximum atomic E-state index is 5.72. The van der Waals surface area contributed by atoms with Gasteiger partial charge in [0.05, 0.1) is 19.4 Å². The second kappa shape index (κ2) is 10.1. The molecule has 0 saturated heterocycles. The molecule has 1 heterocycles. The summed E-state index contributed by atoms with van der Waals surface area (Å²) in [6, 6.07) is 20.4. The molecular formula is C24H28N2O2S. The molecule has 152 valence electrons. The number of ether oxygens (including phenoxy) is 1. The van der Waals surface area contributed by atoms with Crippen LogP contribution < -0.4 is 10.1 Å². The number of nitrogens with one attached hydrogen (secondary N) is 1. The van der Waals surface area contributed by atoms with E-state index in [1.165, 1.54) is 11.1 Å². The molecule has 1 N–H and O–H groups in total. The van der Waals surface area contributed by atoms with Crippen LogP contribution in [0.3, 0.4) is 0 Å². The average molecular weight is 409 g/mol. The van der Waals surface area contributed by atoms with Crippen molar-refractivity contribution in [2.24, 2.45) is 0 Å². The Labute approximate surface area is 178 Å². The van der Waals surface area contributed by atoms with E-state index in [9.17, 15) is 0 Å². The smallest absolute Gasteiger partial charge is 0.174 e. The first kappa shape index (κ1) is 20.9. The second-order valence-electron chi connectivity index (χ2n) is 7.22. The van der Waals surface area contributed by atoms with Gasteiger partial charge in [0.15, 0.2) is 5.11 Å². The molecule has 0 spiro atoms. The minimum absolute atomic E-state index is 0.519. The van der Waals surface area contributed by atoms with Crippen molar-refractivity contribution in [1.82, 2.24) is 4.90 Å². The van der Waals surface area contributed by atoms with Crippen LogP contribution in [0.15, 0.2) is 71.3 Å². The molecule has 0 saturated carbocycles. The van der Waals surface area contributed by atoms with Gasteiger partial charge < -0.3 is 19.4 Å². The van der Waals surface area contributed by atoms with E-state index in [0.29, 0.717) is 30.7 Å². The Morgan fingerprint density at radius 2 is 1.76 bits per heavy atom. The van der Waals surface area contributed by atoms with E-state index in [-0.39, 0.29) is 0 Å². The SMILES string of the molecule is CCOc1ccc(NC(=S)N(Cc2ccc(C(C)C)cc2)Cc2ccco2)cc1. The molecule has 3 rings (SSSR count). The summed E-state index contributed by atoms with van der Waals surface area (Å²) < 4.78 is 11.1. The molecule has 0 fully saturated rings. The molecule has 3 aromatic rings. The summed E-state index contributed by atoms with van der Waals surface area (Å²) in [6.07, 6.45) is 1.69. The summed E-state index contributed by atoms with van der Waals surface area (Å²) in [6.45, 7) is 8.32. The van der Waals surface area contributed by atoms with E-state index in [1.807, 2.05) is 43.3 Å². The normalized spacial score (nSPS) is 10.8. The molecule has 0 aliphatic carbocycles. The Balaban J connectivity index is 1.72. The van der Waals surface area contributed by atoms with Crippen LogP contribution in [0, 0.1) is 0 Å². The van der Waals surface area contributed by atoms with Gasteiger partial charge in [-0.05, 0) is 72.6 Å². The Morgan fingerprint density at radius 1 is 1.03 bits per heavy atom. The lowest BCUT2D eigenvalue weighted by Gasteiger charge is -2.25. The van der Waals surface area contributed by atoms with Gasteiger partial charge in [0.1, 0.15) is 11.5 Å². The maximum Gasteiger partial charge on any atom is 0.174 e. The quantitative estimate of drug-likeness (QED) is 0.449. The van der Waals surface area contributed by atoms with E-state index in [4.69, 9.17) is 21.4 Å². The molecule has 0 atom stereocenters. The number of benzene rings is 2. The second-order valence-corrected chi connectivity index (χ2v) is 7.61. The number of rotatable bonds is 8. The molecular weight excluding hydrogens is 380 g/mol. The van der Waals surface area contributed by atoms with Crippen molar-refractivity contribution in [3.8, 4) is 5.75 Å². The number of nitrogens with zero attached hydrogens (tertiary/aromatic N) is 1. The van der Waals surface area contributed by atoms with Crippen molar-refractivity contribution in [2.75, 3.05) is 11.9 Å². The minimum atomic E-state index is 0.519. The van der Waals surface area contributed by atoms with Crippen molar-refractivity contribution >= 4 is 23.0 Å². The van der Waals surface area contributed by atoms with Crippen molar-refractivity contribution < 1.29 is 9.15 Å². The molecule has 0 aliphatic rings. The first-order chi connectivity index (χ1) is 14.0. The highest BCUT2D eigenvalue weighted by atomic mass is 32.1. The predicted molar refractivity (Wildman–Crippen MR) is 122 cm³/mol. The summed E-state index contributed by atoms with van der Waals surface area (Å²) in [5.74, 6) is 2.24. The molecule has 2 aromatic carbocycles. The third kappa shape index (κ3) is 6.09. The molecule has 29 heavy (non-hydrogen) atoms. The van der Waals surface area contributed by atoms with Gasteiger partial charge in [-0.1, -0.05) is 38.1 Å². The minimum Gasteiger partial charge on any atom is -0.494 e. The van der Waals surface area contributed by atoms with Crippen molar-refractivity contribution in [3.05, 3.63) is 83.8 Å². The Morgan fingerprint density at radius 3 is 2.34 bits per heavy atom. The topological polar surface area (TPSA) is 37.6 Å². The van der Waals surface area contributed by atoms with Crippen LogP contribution in [0.1, 0.15) is 43.6 Å². The van der Waals surface area contributed by atoms with Crippen LogP contribution in [0.2, 0.25) is 0 Å². The van der Waals surface area contributed by atoms with E-state index in [1.54, 1.807) is 6.26 Å². The van der Waals surface area contributed by atoms with Gasteiger partial charge in [0.2, 0.25) is 0 Å². The third-order valence-corrected chi connectivity index (χ3v) is 5.01. The van der Waals surface area contributed by atoms with Gasteiger partial charge >= 0.3 is 0 Å². The van der Waals surface area contributed by atoms with Crippen molar-refractivity contribution in [1.29, 1.82) is 0 Å². The van der Waals surface area contributed by atoms with Crippen LogP contribution in [-0.2, 0) is 13.1 Å². The summed E-state index contributed by atoms with van der Waals surface area (Å²) in [5, 5.41) is 3.99. The zero-order valence-corrected chi connectivity index (χ0v) is 18.0. The molecule has 4 nitrogen and oxygen atoms in total. The largest absolute Gasteiger partial charge is 0.494 e. The van der Waals surface area contributed by atoms with Crippen LogP contribution in [0.25, 0.3) is 0 Å². The highest BCUT2D eigenvalue weighted by Gasteiger charge is 2.14. The lowest BCUT2D eigenvalue weighted by molar-refractivity contribution is 0.340. The number of hydrogen-bond acceptors (Lipinski definition) is 3. The van der Waals surface area contributed by atoms with Gasteiger partial charge in [0.25, 0.3) is 0 Å². The zero-order chi connectivity index (χ0) is 20.6. The first-order valence-corrected chi connectivity index (χ1v) is 10.4. The molecule has 0 aliphatic heterocycles. The van der Waals surface area contributed by atoms with Crippen LogP contribution in [-0.4, -0.2) is 16.6 Å². The van der Waals surface area contributed by atoms with Gasteiger partial charge in [-0.3, -0.25) is 0 Å². The Bertz CT molecular complexity index is 888. The van der Waals surface area contributed by atoms with Gasteiger partial charge in [0, 0.05) is 12.2 Å². The Hall–Kier alpha value is -2.79. The zero-order valence-electron chi connectivity index (χ0n) is 17.2. The van der Waals surface area contributed by atoms with Crippen LogP contribution >= 0.6 is 12.2 Å². The lowest BCUT2D eigenvalue weighted by Crippen LogP contribution is -2.33. The summed E-state index contributed by atoms with van der Waals surface area (Å²) >= 11 is 5.72. The van der Waals surface area contributed by atoms with E-state index >= 15 is 0 Å². The van der Waals surface area contributed by atoms with Gasteiger partial charge in [-0.25, -0.2) is 0 Å². The lowest BCUT2D eigenvalue weighted by atomic mass is 10.0. The maximum absolute atomic E-state index is 5.72. The first-order valence-electron chi connectivity index (χ1n) is 9.95. The van der Waals surface area contributed by atoms with Crippen molar-refractivity contribution in [3.63, 3.8) is 0 Å². The summed E-state index contributed by atoms with van der Waals surface area (Å²) in [4.78, 5) is 2.11. The molecule has 5 heteroatoms. The molecule has 1 aromatic heterocycles. The van der Waals surface area contributed by atoms with Gasteiger partial charge in [-0.15, -0.1) is 0 Å². The van der Waals surface area contributed by atoms with Gasteiger partial charge in [-0.2, -0.15) is 0 Å². The van der Waals surface area contributed by atoms with E-state index in [0.717, 1.165) is 17.2 Å². The van der Waals surface area contributed by atoms with E-state index < -0.39 is 0 Å². The highest BCUT2D eigenvalue weighted by molar-refractivity contribution is 7.80. The molecule has 0 radical (unpaired) electrons. The predicted octanol–water partition coefficient (Wildman–Crippen LogP) is 6.20. The molecule has 0 unspecified atom stereocenters. The van der Waals surface area contributed by atoms with Crippen LogP contribution in [0.4, 0.5) is 5.69 Å². The highest BCUT2D eigenvalue weighted by Crippen LogP contribution is 2.19. The fraction of sp³-hybridized carbons (Fsp3) is 0.292. The standard InChI is InChI=1S/C24H28N2O2S/c1-4-27-22-13-11-21(12-14-22)25-24(29)26(17-23-6-5-15-28-23)16-19-7-9-20(10-8-19)18(2)3/h5-15,18H,4,16-17H2,1-3H3,(H,25,29). The fourth-order valence-electron chi connectivity index (χ4n) is 3.02. The number of furan rings is 1. The average Bonchev–Trinajstić information content (AvgIpc) is 3.23. The summed E-state index contributed by atoms with van der Waals surface area (Å²) in [7, 11) is 0. The number of hydrogen-bond donors (Lipinski definition) is 1. The number of anilines is 1. The fourth-order valence-corrected chi connectivity index (χ4v) is 3.27.